The van der Waals surface area contributed by atoms with Gasteiger partial charge in [0.2, 0.25) is 0 Å². The standard InChI is InChI=1S/C16H24BrNO/c1-15(19,13-7-6-8-14(17)11-13)16(12-18)9-4-2-3-5-10-16/h6-8,11,19H,2-5,9-10,12,18H2,1H3. The number of nitrogens with two attached hydrogens (primary N) is 1. The zero-order valence-electron chi connectivity index (χ0n) is 11.7. The third-order valence-corrected chi connectivity index (χ3v) is 5.36. The largest absolute Gasteiger partial charge is 0.385 e. The van der Waals surface area contributed by atoms with E-state index in [0.717, 1.165) is 22.9 Å². The van der Waals surface area contributed by atoms with Gasteiger partial charge in [-0.2, -0.15) is 0 Å². The van der Waals surface area contributed by atoms with Crippen LogP contribution in [-0.2, 0) is 5.60 Å². The normalized spacial score (nSPS) is 22.5. The highest BCUT2D eigenvalue weighted by molar-refractivity contribution is 9.10. The molecule has 106 valence electrons. The van der Waals surface area contributed by atoms with Gasteiger partial charge in [-0.05, 0) is 37.5 Å². The van der Waals surface area contributed by atoms with Gasteiger partial charge in [0.25, 0.3) is 0 Å². The maximum Gasteiger partial charge on any atom is 0.0936 e. The Morgan fingerprint density at radius 3 is 2.42 bits per heavy atom. The predicted octanol–water partition coefficient (Wildman–Crippen LogP) is 3.96. The molecule has 2 rings (SSSR count). The first kappa shape index (κ1) is 15.0. The molecular formula is C16H24BrNO. The lowest BCUT2D eigenvalue weighted by Gasteiger charge is -2.45. The topological polar surface area (TPSA) is 46.2 Å². The third-order valence-electron chi connectivity index (χ3n) is 4.87. The second-order valence-electron chi connectivity index (χ2n) is 5.98. The molecule has 1 saturated carbocycles. The van der Waals surface area contributed by atoms with Crippen LogP contribution in [-0.4, -0.2) is 11.7 Å². The summed E-state index contributed by atoms with van der Waals surface area (Å²) in [5.74, 6) is 0. The molecule has 0 aromatic heterocycles. The summed E-state index contributed by atoms with van der Waals surface area (Å²) in [6.45, 7) is 2.49. The molecule has 0 saturated heterocycles. The van der Waals surface area contributed by atoms with Crippen molar-refractivity contribution in [1.82, 2.24) is 0 Å². The number of halogens is 1. The summed E-state index contributed by atoms with van der Waals surface area (Å²) >= 11 is 3.49. The van der Waals surface area contributed by atoms with Crippen LogP contribution in [0.1, 0.15) is 51.0 Å². The zero-order chi connectivity index (χ0) is 13.9. The van der Waals surface area contributed by atoms with Crippen LogP contribution in [0.2, 0.25) is 0 Å². The fourth-order valence-electron chi connectivity index (χ4n) is 3.39. The van der Waals surface area contributed by atoms with Crippen molar-refractivity contribution in [2.75, 3.05) is 6.54 Å². The smallest absolute Gasteiger partial charge is 0.0936 e. The molecule has 1 fully saturated rings. The second kappa shape index (κ2) is 5.94. The van der Waals surface area contributed by atoms with Crippen LogP contribution in [0.15, 0.2) is 28.7 Å². The van der Waals surface area contributed by atoms with E-state index in [1.807, 2.05) is 31.2 Å². The molecular weight excluding hydrogens is 302 g/mol. The Labute approximate surface area is 124 Å². The van der Waals surface area contributed by atoms with Gasteiger partial charge in [-0.15, -0.1) is 0 Å². The fraction of sp³-hybridized carbons (Fsp3) is 0.625. The van der Waals surface area contributed by atoms with Crippen LogP contribution < -0.4 is 5.73 Å². The van der Waals surface area contributed by atoms with Crippen molar-refractivity contribution in [2.45, 2.75) is 51.0 Å². The summed E-state index contributed by atoms with van der Waals surface area (Å²) in [4.78, 5) is 0. The van der Waals surface area contributed by atoms with E-state index in [-0.39, 0.29) is 5.41 Å². The van der Waals surface area contributed by atoms with Crippen LogP contribution in [0, 0.1) is 5.41 Å². The second-order valence-corrected chi connectivity index (χ2v) is 6.90. The van der Waals surface area contributed by atoms with Gasteiger partial charge in [0, 0.05) is 16.4 Å². The lowest BCUT2D eigenvalue weighted by molar-refractivity contribution is -0.0814. The Kier molecular flexibility index (Phi) is 4.70. The molecule has 1 atom stereocenters. The Balaban J connectivity index is 2.39. The van der Waals surface area contributed by atoms with Gasteiger partial charge >= 0.3 is 0 Å². The molecule has 1 aromatic carbocycles. The summed E-state index contributed by atoms with van der Waals surface area (Å²) in [5, 5.41) is 11.2. The van der Waals surface area contributed by atoms with E-state index in [9.17, 15) is 5.11 Å². The van der Waals surface area contributed by atoms with E-state index in [2.05, 4.69) is 15.9 Å². The predicted molar refractivity (Wildman–Crippen MR) is 82.9 cm³/mol. The average Bonchev–Trinajstić information content (AvgIpc) is 2.65. The van der Waals surface area contributed by atoms with Crippen molar-refractivity contribution >= 4 is 15.9 Å². The summed E-state index contributed by atoms with van der Waals surface area (Å²) in [7, 11) is 0. The summed E-state index contributed by atoms with van der Waals surface area (Å²) in [5.41, 5.74) is 6.01. The monoisotopic (exact) mass is 325 g/mol. The highest BCUT2D eigenvalue weighted by atomic mass is 79.9. The molecule has 3 N–H and O–H groups in total. The Hall–Kier alpha value is -0.380. The van der Waals surface area contributed by atoms with E-state index in [4.69, 9.17) is 5.73 Å². The Morgan fingerprint density at radius 1 is 1.26 bits per heavy atom. The highest BCUT2D eigenvalue weighted by Crippen LogP contribution is 2.48. The van der Waals surface area contributed by atoms with Crippen LogP contribution >= 0.6 is 15.9 Å². The molecule has 0 amide bonds. The summed E-state index contributed by atoms with van der Waals surface area (Å²) in [6, 6.07) is 7.99. The van der Waals surface area contributed by atoms with Gasteiger partial charge in [0.05, 0.1) is 5.60 Å². The maximum absolute atomic E-state index is 11.2. The van der Waals surface area contributed by atoms with E-state index >= 15 is 0 Å². The van der Waals surface area contributed by atoms with Crippen molar-refractivity contribution in [3.63, 3.8) is 0 Å². The molecule has 1 aromatic rings. The lowest BCUT2D eigenvalue weighted by atomic mass is 9.65. The molecule has 3 heteroatoms. The first-order valence-electron chi connectivity index (χ1n) is 7.20. The van der Waals surface area contributed by atoms with E-state index in [1.165, 1.54) is 25.7 Å². The number of rotatable bonds is 3. The molecule has 19 heavy (non-hydrogen) atoms. The molecule has 0 heterocycles. The Morgan fingerprint density at radius 2 is 1.89 bits per heavy atom. The summed E-state index contributed by atoms with van der Waals surface area (Å²) < 4.78 is 1.01. The van der Waals surface area contributed by atoms with Gasteiger partial charge < -0.3 is 10.8 Å². The lowest BCUT2D eigenvalue weighted by Crippen LogP contribution is -2.48. The average molecular weight is 326 g/mol. The van der Waals surface area contributed by atoms with Gasteiger partial charge in [0.15, 0.2) is 0 Å². The minimum Gasteiger partial charge on any atom is -0.385 e. The van der Waals surface area contributed by atoms with Gasteiger partial charge in [-0.3, -0.25) is 0 Å². The van der Waals surface area contributed by atoms with Crippen molar-refractivity contribution in [2.24, 2.45) is 11.1 Å². The number of hydrogen-bond acceptors (Lipinski definition) is 2. The number of aliphatic hydroxyl groups is 1. The first-order valence-corrected chi connectivity index (χ1v) is 8.00. The Bertz CT molecular complexity index is 423. The van der Waals surface area contributed by atoms with Crippen LogP contribution in [0.25, 0.3) is 0 Å². The van der Waals surface area contributed by atoms with Crippen molar-refractivity contribution < 1.29 is 5.11 Å². The molecule has 1 aliphatic carbocycles. The SMILES string of the molecule is CC(O)(c1cccc(Br)c1)C1(CN)CCCCCC1. The molecule has 0 spiro atoms. The third kappa shape index (κ3) is 2.88. The van der Waals surface area contributed by atoms with Crippen molar-refractivity contribution in [3.05, 3.63) is 34.3 Å². The molecule has 2 nitrogen and oxygen atoms in total. The van der Waals surface area contributed by atoms with E-state index < -0.39 is 5.60 Å². The fourth-order valence-corrected chi connectivity index (χ4v) is 3.79. The zero-order valence-corrected chi connectivity index (χ0v) is 13.2. The maximum atomic E-state index is 11.2. The minimum absolute atomic E-state index is 0.190. The molecule has 1 aliphatic rings. The number of hydrogen-bond donors (Lipinski definition) is 2. The number of benzene rings is 1. The molecule has 0 aliphatic heterocycles. The molecule has 0 radical (unpaired) electrons. The van der Waals surface area contributed by atoms with Gasteiger partial charge in [0.1, 0.15) is 0 Å². The minimum atomic E-state index is -0.865. The van der Waals surface area contributed by atoms with E-state index in [0.29, 0.717) is 6.54 Å². The summed E-state index contributed by atoms with van der Waals surface area (Å²) in [6.07, 6.45) is 6.89. The van der Waals surface area contributed by atoms with Crippen LogP contribution in [0.4, 0.5) is 0 Å². The van der Waals surface area contributed by atoms with Crippen molar-refractivity contribution in [3.8, 4) is 0 Å². The van der Waals surface area contributed by atoms with E-state index in [1.54, 1.807) is 0 Å². The van der Waals surface area contributed by atoms with Gasteiger partial charge in [-0.25, -0.2) is 0 Å². The highest BCUT2D eigenvalue weighted by Gasteiger charge is 2.46. The molecule has 0 bridgehead atoms. The first-order chi connectivity index (χ1) is 9.02. The van der Waals surface area contributed by atoms with Crippen LogP contribution in [0.3, 0.4) is 0 Å². The van der Waals surface area contributed by atoms with Crippen LogP contribution in [0.5, 0.6) is 0 Å². The van der Waals surface area contributed by atoms with Gasteiger partial charge in [-0.1, -0.05) is 53.7 Å². The quantitative estimate of drug-likeness (QED) is 0.826. The molecule has 1 unspecified atom stereocenters. The van der Waals surface area contributed by atoms with Crippen molar-refractivity contribution in [1.29, 1.82) is 0 Å².